The maximum absolute atomic E-state index is 12.4. The molecule has 0 saturated carbocycles. The standard InChI is InChI=1S/C22H23N3O2S/c1-4-16-7-5-6-8-18(16)24-20(26)12-23-21(27)19-13-28-22(25-19)17-10-9-14(2)11-15(17)3/h5-11,13H,4,12H2,1-3H3,(H,23,27)(H,24,26). The Labute approximate surface area is 168 Å². The Kier molecular flexibility index (Phi) is 6.21. The molecule has 6 heteroatoms. The van der Waals surface area contributed by atoms with Gasteiger partial charge in [0.25, 0.3) is 5.91 Å². The van der Waals surface area contributed by atoms with E-state index in [0.717, 1.165) is 33.8 Å². The number of rotatable bonds is 6. The van der Waals surface area contributed by atoms with Crippen molar-refractivity contribution in [1.82, 2.24) is 10.3 Å². The van der Waals surface area contributed by atoms with Gasteiger partial charge in [-0.15, -0.1) is 11.3 Å². The van der Waals surface area contributed by atoms with E-state index in [1.807, 2.05) is 57.2 Å². The first-order chi connectivity index (χ1) is 13.5. The molecular weight excluding hydrogens is 370 g/mol. The normalized spacial score (nSPS) is 10.5. The van der Waals surface area contributed by atoms with E-state index in [9.17, 15) is 9.59 Å². The second kappa shape index (κ2) is 8.80. The molecule has 0 aliphatic rings. The summed E-state index contributed by atoms with van der Waals surface area (Å²) in [5.74, 6) is -0.620. The summed E-state index contributed by atoms with van der Waals surface area (Å²) < 4.78 is 0. The number of thiazole rings is 1. The molecule has 0 fully saturated rings. The van der Waals surface area contributed by atoms with Gasteiger partial charge in [0.15, 0.2) is 0 Å². The smallest absolute Gasteiger partial charge is 0.271 e. The molecule has 3 aromatic rings. The van der Waals surface area contributed by atoms with Crippen molar-refractivity contribution in [3.63, 3.8) is 0 Å². The monoisotopic (exact) mass is 393 g/mol. The number of hydrogen-bond donors (Lipinski definition) is 2. The molecule has 3 rings (SSSR count). The Hall–Kier alpha value is -2.99. The molecule has 0 spiro atoms. The molecule has 5 nitrogen and oxygen atoms in total. The number of carbonyl (C=O) groups is 2. The fourth-order valence-electron chi connectivity index (χ4n) is 2.95. The van der Waals surface area contributed by atoms with Crippen molar-refractivity contribution in [1.29, 1.82) is 0 Å². The number of para-hydroxylation sites is 1. The molecule has 1 heterocycles. The van der Waals surface area contributed by atoms with Gasteiger partial charge in [0.2, 0.25) is 5.91 Å². The van der Waals surface area contributed by atoms with Gasteiger partial charge in [0.1, 0.15) is 10.7 Å². The molecule has 0 aliphatic heterocycles. The van der Waals surface area contributed by atoms with E-state index in [-0.39, 0.29) is 18.4 Å². The zero-order valence-electron chi connectivity index (χ0n) is 16.2. The van der Waals surface area contributed by atoms with E-state index in [0.29, 0.717) is 5.69 Å². The summed E-state index contributed by atoms with van der Waals surface area (Å²) in [6.07, 6.45) is 0.822. The van der Waals surface area contributed by atoms with Crippen LogP contribution in [0.5, 0.6) is 0 Å². The molecule has 0 unspecified atom stereocenters. The van der Waals surface area contributed by atoms with Gasteiger partial charge in [-0.05, 0) is 37.5 Å². The molecule has 0 atom stereocenters. The van der Waals surface area contributed by atoms with Crippen molar-refractivity contribution in [2.24, 2.45) is 0 Å². The van der Waals surface area contributed by atoms with Crippen LogP contribution in [0, 0.1) is 13.8 Å². The lowest BCUT2D eigenvalue weighted by molar-refractivity contribution is -0.115. The predicted molar refractivity (Wildman–Crippen MR) is 114 cm³/mol. The van der Waals surface area contributed by atoms with Crippen molar-refractivity contribution >= 4 is 28.8 Å². The molecule has 28 heavy (non-hydrogen) atoms. The number of anilines is 1. The summed E-state index contributed by atoms with van der Waals surface area (Å²) in [7, 11) is 0. The zero-order chi connectivity index (χ0) is 20.1. The predicted octanol–water partition coefficient (Wildman–Crippen LogP) is 4.36. The highest BCUT2D eigenvalue weighted by Gasteiger charge is 2.14. The molecule has 144 valence electrons. The van der Waals surface area contributed by atoms with E-state index in [1.165, 1.54) is 16.9 Å². The van der Waals surface area contributed by atoms with Crippen molar-refractivity contribution in [3.05, 3.63) is 70.2 Å². The number of benzene rings is 2. The van der Waals surface area contributed by atoms with Crippen molar-refractivity contribution in [2.75, 3.05) is 11.9 Å². The topological polar surface area (TPSA) is 71.1 Å². The van der Waals surface area contributed by atoms with Gasteiger partial charge >= 0.3 is 0 Å². The summed E-state index contributed by atoms with van der Waals surface area (Å²) in [5, 5.41) is 7.99. The summed E-state index contributed by atoms with van der Waals surface area (Å²) in [6, 6.07) is 13.8. The summed E-state index contributed by atoms with van der Waals surface area (Å²) in [6.45, 7) is 6.00. The van der Waals surface area contributed by atoms with E-state index in [4.69, 9.17) is 0 Å². The van der Waals surface area contributed by atoms with Crippen LogP contribution < -0.4 is 10.6 Å². The first-order valence-electron chi connectivity index (χ1n) is 9.17. The number of carbonyl (C=O) groups excluding carboxylic acids is 2. The van der Waals surface area contributed by atoms with Crippen LogP contribution in [0.15, 0.2) is 47.8 Å². The van der Waals surface area contributed by atoms with E-state index in [2.05, 4.69) is 21.7 Å². The van der Waals surface area contributed by atoms with Crippen LogP contribution in [0.3, 0.4) is 0 Å². The number of aromatic nitrogens is 1. The zero-order valence-corrected chi connectivity index (χ0v) is 17.0. The molecule has 0 radical (unpaired) electrons. The fourth-order valence-corrected chi connectivity index (χ4v) is 3.84. The summed E-state index contributed by atoms with van der Waals surface area (Å²) >= 11 is 1.42. The van der Waals surface area contributed by atoms with Crippen molar-refractivity contribution in [2.45, 2.75) is 27.2 Å². The molecule has 0 bridgehead atoms. The molecular formula is C22H23N3O2S. The molecule has 0 aliphatic carbocycles. The Morgan fingerprint density at radius 2 is 1.89 bits per heavy atom. The number of nitrogens with one attached hydrogen (secondary N) is 2. The van der Waals surface area contributed by atoms with Gasteiger partial charge in [0, 0.05) is 16.6 Å². The van der Waals surface area contributed by atoms with Crippen molar-refractivity contribution < 1.29 is 9.59 Å². The molecule has 1 aromatic heterocycles. The SMILES string of the molecule is CCc1ccccc1NC(=O)CNC(=O)c1csc(-c2ccc(C)cc2C)n1. The molecule has 2 N–H and O–H groups in total. The van der Waals surface area contributed by atoms with Crippen LogP contribution in [0.25, 0.3) is 10.6 Å². The minimum Gasteiger partial charge on any atom is -0.342 e. The lowest BCUT2D eigenvalue weighted by Crippen LogP contribution is -2.33. The van der Waals surface area contributed by atoms with Gasteiger partial charge < -0.3 is 10.6 Å². The Balaban J connectivity index is 1.61. The number of hydrogen-bond acceptors (Lipinski definition) is 4. The van der Waals surface area contributed by atoms with Crippen LogP contribution in [0.4, 0.5) is 5.69 Å². The molecule has 0 saturated heterocycles. The minimum atomic E-state index is -0.355. The maximum atomic E-state index is 12.4. The maximum Gasteiger partial charge on any atom is 0.271 e. The number of nitrogens with zero attached hydrogens (tertiary/aromatic N) is 1. The lowest BCUT2D eigenvalue weighted by Gasteiger charge is -2.10. The van der Waals surface area contributed by atoms with Gasteiger partial charge in [-0.2, -0.15) is 0 Å². The van der Waals surface area contributed by atoms with Gasteiger partial charge in [-0.3, -0.25) is 9.59 Å². The Morgan fingerprint density at radius 3 is 2.64 bits per heavy atom. The molecule has 2 amide bonds. The third-order valence-electron chi connectivity index (χ3n) is 4.43. The van der Waals surface area contributed by atoms with E-state index < -0.39 is 0 Å². The fraction of sp³-hybridized carbons (Fsp3) is 0.227. The first-order valence-corrected chi connectivity index (χ1v) is 10.0. The highest BCUT2D eigenvalue weighted by Crippen LogP contribution is 2.27. The first kappa shape index (κ1) is 19.8. The second-order valence-electron chi connectivity index (χ2n) is 6.60. The summed E-state index contributed by atoms with van der Waals surface area (Å²) in [5.41, 5.74) is 5.47. The summed E-state index contributed by atoms with van der Waals surface area (Å²) in [4.78, 5) is 29.0. The lowest BCUT2D eigenvalue weighted by atomic mass is 10.1. The van der Waals surface area contributed by atoms with Gasteiger partial charge in [-0.25, -0.2) is 4.98 Å². The highest BCUT2D eigenvalue weighted by molar-refractivity contribution is 7.13. The Bertz CT molecular complexity index is 1010. The average Bonchev–Trinajstić information content (AvgIpc) is 3.16. The second-order valence-corrected chi connectivity index (χ2v) is 7.46. The van der Waals surface area contributed by atoms with Crippen LogP contribution in [0.2, 0.25) is 0 Å². The van der Waals surface area contributed by atoms with Gasteiger partial charge in [-0.1, -0.05) is 48.9 Å². The highest BCUT2D eigenvalue weighted by atomic mass is 32.1. The Morgan fingerprint density at radius 1 is 1.11 bits per heavy atom. The van der Waals surface area contributed by atoms with Gasteiger partial charge in [0.05, 0.1) is 6.54 Å². The number of amides is 2. The van der Waals surface area contributed by atoms with Crippen LogP contribution in [-0.4, -0.2) is 23.3 Å². The third-order valence-corrected chi connectivity index (χ3v) is 5.31. The average molecular weight is 394 g/mol. The molecule has 2 aromatic carbocycles. The third kappa shape index (κ3) is 4.64. The van der Waals surface area contributed by atoms with Crippen molar-refractivity contribution in [3.8, 4) is 10.6 Å². The van der Waals surface area contributed by atoms with Crippen LogP contribution >= 0.6 is 11.3 Å². The van der Waals surface area contributed by atoms with Crippen LogP contribution in [0.1, 0.15) is 34.1 Å². The van der Waals surface area contributed by atoms with E-state index in [1.54, 1.807) is 5.38 Å². The largest absolute Gasteiger partial charge is 0.342 e. The van der Waals surface area contributed by atoms with E-state index >= 15 is 0 Å². The quantitative estimate of drug-likeness (QED) is 0.654. The minimum absolute atomic E-state index is 0.104. The van der Waals surface area contributed by atoms with Crippen LogP contribution in [-0.2, 0) is 11.2 Å². The number of aryl methyl sites for hydroxylation is 3.